The summed E-state index contributed by atoms with van der Waals surface area (Å²) >= 11 is 0. The molecule has 2 N–H and O–H groups in total. The van der Waals surface area contributed by atoms with Crippen LogP contribution < -0.4 is 4.90 Å². The average Bonchev–Trinajstić information content (AvgIpc) is 2.78. The molecule has 0 bridgehead atoms. The Morgan fingerprint density at radius 1 is 0.742 bits per heavy atom. The summed E-state index contributed by atoms with van der Waals surface area (Å²) in [7, 11) is 0. The zero-order valence-corrected chi connectivity index (χ0v) is 16.0. The summed E-state index contributed by atoms with van der Waals surface area (Å²) in [6, 6.07) is 9.69. The van der Waals surface area contributed by atoms with Crippen LogP contribution >= 0.6 is 0 Å². The van der Waals surface area contributed by atoms with Crippen molar-refractivity contribution in [2.24, 2.45) is 0 Å². The minimum Gasteiger partial charge on any atom is -0.395 e. The maximum Gasteiger partial charge on any atom is 0.167 e. The summed E-state index contributed by atoms with van der Waals surface area (Å²) < 4.78 is 58.2. The standard InChI is InChI=1S/C21H16F4N4O2/c22-18-16(13(9-26)10-27)19(23)21(25)17(20(18)24)15(11-28)12-1-3-14(4-2-12)29(5-7-30)6-8-31/h1-4,13,15,30-31H,5-8H2. The van der Waals surface area contributed by atoms with Gasteiger partial charge in [0.05, 0.1) is 42.5 Å². The van der Waals surface area contributed by atoms with E-state index in [0.717, 1.165) is 0 Å². The van der Waals surface area contributed by atoms with Crippen molar-refractivity contribution in [1.29, 1.82) is 15.8 Å². The van der Waals surface area contributed by atoms with Crippen LogP contribution in [0, 0.1) is 57.3 Å². The molecule has 0 radical (unpaired) electrons. The van der Waals surface area contributed by atoms with Crippen molar-refractivity contribution in [2.75, 3.05) is 31.2 Å². The molecular formula is C21H16F4N4O2. The summed E-state index contributed by atoms with van der Waals surface area (Å²) in [5, 5.41) is 45.3. The first-order valence-electron chi connectivity index (χ1n) is 8.97. The van der Waals surface area contributed by atoms with E-state index in [1.165, 1.54) is 36.4 Å². The molecule has 0 aliphatic rings. The molecule has 0 aromatic heterocycles. The molecule has 0 aliphatic heterocycles. The monoisotopic (exact) mass is 432 g/mol. The van der Waals surface area contributed by atoms with Crippen LogP contribution in [0.4, 0.5) is 23.2 Å². The largest absolute Gasteiger partial charge is 0.395 e. The van der Waals surface area contributed by atoms with E-state index in [1.54, 1.807) is 11.0 Å². The molecule has 0 aliphatic carbocycles. The van der Waals surface area contributed by atoms with Crippen molar-refractivity contribution in [3.05, 3.63) is 64.2 Å². The number of anilines is 1. The Kier molecular flexibility index (Phi) is 7.93. The molecule has 0 spiro atoms. The van der Waals surface area contributed by atoms with Crippen LogP contribution in [-0.2, 0) is 0 Å². The average molecular weight is 432 g/mol. The molecule has 160 valence electrons. The normalized spacial score (nSPS) is 11.5. The van der Waals surface area contributed by atoms with Crippen molar-refractivity contribution in [3.63, 3.8) is 0 Å². The Labute approximate surface area is 175 Å². The van der Waals surface area contributed by atoms with E-state index in [9.17, 15) is 22.8 Å². The fraction of sp³-hybridized carbons (Fsp3) is 0.286. The van der Waals surface area contributed by atoms with E-state index in [0.29, 0.717) is 5.69 Å². The molecule has 2 aromatic carbocycles. The summed E-state index contributed by atoms with van der Waals surface area (Å²) in [5.41, 5.74) is -1.96. The molecule has 1 unspecified atom stereocenters. The molecule has 0 saturated heterocycles. The quantitative estimate of drug-likeness (QED) is 0.490. The molecule has 2 rings (SSSR count). The minimum atomic E-state index is -2.07. The SMILES string of the molecule is N#CC(C#N)c1c(F)c(F)c(C(C#N)c2ccc(N(CCO)CCO)cc2)c(F)c1F. The van der Waals surface area contributed by atoms with Crippen LogP contribution in [0.25, 0.3) is 0 Å². The summed E-state index contributed by atoms with van der Waals surface area (Å²) in [6.07, 6.45) is 0. The van der Waals surface area contributed by atoms with Crippen LogP contribution in [0.15, 0.2) is 24.3 Å². The number of aliphatic hydroxyl groups excluding tert-OH is 2. The second-order valence-corrected chi connectivity index (χ2v) is 6.36. The van der Waals surface area contributed by atoms with Gasteiger partial charge in [-0.1, -0.05) is 12.1 Å². The van der Waals surface area contributed by atoms with Gasteiger partial charge in [0.2, 0.25) is 0 Å². The third kappa shape index (κ3) is 4.59. The highest BCUT2D eigenvalue weighted by molar-refractivity contribution is 5.51. The number of hydrogen-bond acceptors (Lipinski definition) is 6. The van der Waals surface area contributed by atoms with Gasteiger partial charge < -0.3 is 15.1 Å². The van der Waals surface area contributed by atoms with E-state index < -0.39 is 46.2 Å². The number of halogens is 4. The lowest BCUT2D eigenvalue weighted by molar-refractivity contribution is 0.281. The van der Waals surface area contributed by atoms with Gasteiger partial charge in [-0.15, -0.1) is 0 Å². The molecule has 0 amide bonds. The van der Waals surface area contributed by atoms with Gasteiger partial charge in [0.25, 0.3) is 0 Å². The lowest BCUT2D eigenvalue weighted by atomic mass is 9.88. The van der Waals surface area contributed by atoms with Gasteiger partial charge in [-0.25, -0.2) is 17.6 Å². The lowest BCUT2D eigenvalue weighted by Gasteiger charge is -2.23. The fourth-order valence-electron chi connectivity index (χ4n) is 3.13. The number of nitriles is 3. The predicted molar refractivity (Wildman–Crippen MR) is 101 cm³/mol. The molecular weight excluding hydrogens is 416 g/mol. The predicted octanol–water partition coefficient (Wildman–Crippen LogP) is 2.82. The molecule has 10 heteroatoms. The summed E-state index contributed by atoms with van der Waals surface area (Å²) in [6.45, 7) is -0.00404. The second-order valence-electron chi connectivity index (χ2n) is 6.36. The molecule has 2 aromatic rings. The highest BCUT2D eigenvalue weighted by Gasteiger charge is 2.34. The number of benzene rings is 2. The number of aliphatic hydroxyl groups is 2. The molecule has 0 fully saturated rings. The fourth-order valence-corrected chi connectivity index (χ4v) is 3.13. The summed E-state index contributed by atoms with van der Waals surface area (Å²) in [4.78, 5) is 1.62. The zero-order valence-electron chi connectivity index (χ0n) is 16.0. The third-order valence-corrected chi connectivity index (χ3v) is 4.63. The first kappa shape index (κ1) is 23.6. The van der Waals surface area contributed by atoms with Crippen LogP contribution in [0.1, 0.15) is 28.5 Å². The molecule has 0 saturated carbocycles. The summed E-state index contributed by atoms with van der Waals surface area (Å²) in [5.74, 6) is -11.3. The number of nitrogens with zero attached hydrogens (tertiary/aromatic N) is 4. The van der Waals surface area contributed by atoms with E-state index in [1.807, 2.05) is 0 Å². The van der Waals surface area contributed by atoms with Crippen molar-refractivity contribution < 1.29 is 27.8 Å². The maximum absolute atomic E-state index is 14.7. The van der Waals surface area contributed by atoms with Crippen LogP contribution in [-0.4, -0.2) is 36.5 Å². The topological polar surface area (TPSA) is 115 Å². The van der Waals surface area contributed by atoms with Crippen molar-refractivity contribution in [2.45, 2.75) is 11.8 Å². The Morgan fingerprint density at radius 3 is 1.58 bits per heavy atom. The third-order valence-electron chi connectivity index (χ3n) is 4.63. The zero-order chi connectivity index (χ0) is 23.1. The highest BCUT2D eigenvalue weighted by atomic mass is 19.2. The van der Waals surface area contributed by atoms with E-state index in [2.05, 4.69) is 0 Å². The lowest BCUT2D eigenvalue weighted by Crippen LogP contribution is -2.29. The van der Waals surface area contributed by atoms with Crippen LogP contribution in [0.2, 0.25) is 0 Å². The molecule has 1 atom stereocenters. The van der Waals surface area contributed by atoms with E-state index >= 15 is 0 Å². The Balaban J connectivity index is 2.56. The van der Waals surface area contributed by atoms with Crippen LogP contribution in [0.3, 0.4) is 0 Å². The van der Waals surface area contributed by atoms with Crippen LogP contribution in [0.5, 0.6) is 0 Å². The van der Waals surface area contributed by atoms with Gasteiger partial charge in [-0.2, -0.15) is 15.8 Å². The molecule has 0 heterocycles. The smallest absolute Gasteiger partial charge is 0.167 e. The molecule has 6 nitrogen and oxygen atoms in total. The first-order chi connectivity index (χ1) is 14.9. The van der Waals surface area contributed by atoms with E-state index in [-0.39, 0.29) is 31.9 Å². The van der Waals surface area contributed by atoms with Crippen molar-refractivity contribution in [1.82, 2.24) is 0 Å². The van der Waals surface area contributed by atoms with Gasteiger partial charge in [0.15, 0.2) is 29.2 Å². The second kappa shape index (κ2) is 10.4. The van der Waals surface area contributed by atoms with Crippen molar-refractivity contribution >= 4 is 5.69 Å². The maximum atomic E-state index is 14.7. The van der Waals surface area contributed by atoms with Crippen molar-refractivity contribution in [3.8, 4) is 18.2 Å². The van der Waals surface area contributed by atoms with Gasteiger partial charge in [-0.3, -0.25) is 0 Å². The van der Waals surface area contributed by atoms with E-state index in [4.69, 9.17) is 20.7 Å². The number of rotatable bonds is 8. The Hall–Kier alpha value is -3.65. The minimum absolute atomic E-state index is 0.0284. The van der Waals surface area contributed by atoms with Gasteiger partial charge >= 0.3 is 0 Å². The first-order valence-corrected chi connectivity index (χ1v) is 8.97. The van der Waals surface area contributed by atoms with Gasteiger partial charge in [0, 0.05) is 18.8 Å². The molecule has 31 heavy (non-hydrogen) atoms. The van der Waals surface area contributed by atoms with Gasteiger partial charge in [-0.05, 0) is 17.7 Å². The highest BCUT2D eigenvalue weighted by Crippen LogP contribution is 2.36. The Bertz CT molecular complexity index is 1020. The number of hydrogen-bond donors (Lipinski definition) is 2. The van der Waals surface area contributed by atoms with Gasteiger partial charge in [0.1, 0.15) is 5.92 Å². The Morgan fingerprint density at radius 2 is 1.19 bits per heavy atom.